The van der Waals surface area contributed by atoms with E-state index in [0.717, 1.165) is 28.2 Å². The van der Waals surface area contributed by atoms with Gasteiger partial charge in [0.1, 0.15) is 0 Å². The molecule has 0 aliphatic rings. The van der Waals surface area contributed by atoms with Gasteiger partial charge in [0.2, 0.25) is 10.0 Å². The van der Waals surface area contributed by atoms with Crippen LogP contribution in [-0.4, -0.2) is 33.0 Å². The summed E-state index contributed by atoms with van der Waals surface area (Å²) < 4.78 is 28.0. The first-order valence-electron chi connectivity index (χ1n) is 7.16. The van der Waals surface area contributed by atoms with Gasteiger partial charge in [0.15, 0.2) is 0 Å². The molecule has 6 heteroatoms. The molecular weight excluding hydrogens is 304 g/mol. The zero-order chi connectivity index (χ0) is 16.0. The van der Waals surface area contributed by atoms with Crippen LogP contribution in [0.2, 0.25) is 0 Å². The van der Waals surface area contributed by atoms with E-state index in [2.05, 4.69) is 17.0 Å². The first-order valence-corrected chi connectivity index (χ1v) is 9.80. The molecule has 0 saturated carbocycles. The van der Waals surface area contributed by atoms with E-state index in [1.165, 1.54) is 0 Å². The quantitative estimate of drug-likeness (QED) is 0.769. The predicted octanol–water partition coefficient (Wildman–Crippen LogP) is 2.44. The van der Waals surface area contributed by atoms with E-state index >= 15 is 0 Å². The van der Waals surface area contributed by atoms with Crippen molar-refractivity contribution < 1.29 is 8.42 Å². The molecule has 0 aliphatic heterocycles. The van der Waals surface area contributed by atoms with Gasteiger partial charge in [-0.15, -0.1) is 0 Å². The van der Waals surface area contributed by atoms with Crippen molar-refractivity contribution in [3.8, 4) is 0 Å². The molecule has 0 fully saturated rings. The molecule has 1 rings (SSSR count). The Labute approximate surface area is 133 Å². The van der Waals surface area contributed by atoms with E-state index in [-0.39, 0.29) is 6.04 Å². The number of rotatable bonds is 8. The van der Waals surface area contributed by atoms with Gasteiger partial charge in [-0.2, -0.15) is 11.8 Å². The second-order valence-corrected chi connectivity index (χ2v) is 8.25. The largest absolute Gasteiger partial charge is 0.316 e. The zero-order valence-corrected chi connectivity index (χ0v) is 15.1. The highest BCUT2D eigenvalue weighted by molar-refractivity contribution is 7.99. The van der Waals surface area contributed by atoms with Crippen molar-refractivity contribution in [1.29, 1.82) is 0 Å². The number of nitrogens with one attached hydrogen (secondary N) is 2. The zero-order valence-electron chi connectivity index (χ0n) is 13.5. The van der Waals surface area contributed by atoms with Crippen LogP contribution in [0.1, 0.15) is 30.5 Å². The molecule has 1 atom stereocenters. The van der Waals surface area contributed by atoms with Gasteiger partial charge in [-0.3, -0.25) is 0 Å². The Hall–Kier alpha value is -0.560. The molecule has 120 valence electrons. The van der Waals surface area contributed by atoms with Gasteiger partial charge >= 0.3 is 0 Å². The normalized spacial score (nSPS) is 13.4. The van der Waals surface area contributed by atoms with Crippen molar-refractivity contribution in [2.24, 2.45) is 0 Å². The SMILES string of the molecule is CCSCC(C)NS(=O)(=O)c1cc(CNC)cc(C)c1C. The van der Waals surface area contributed by atoms with Gasteiger partial charge in [-0.25, -0.2) is 13.1 Å². The second-order valence-electron chi connectivity index (χ2n) is 5.25. The van der Waals surface area contributed by atoms with Gasteiger partial charge in [-0.05, 0) is 56.3 Å². The number of aryl methyl sites for hydroxylation is 1. The maximum absolute atomic E-state index is 12.6. The van der Waals surface area contributed by atoms with E-state index in [4.69, 9.17) is 0 Å². The first kappa shape index (κ1) is 18.5. The number of thioether (sulfide) groups is 1. The molecule has 0 spiro atoms. The Morgan fingerprint density at radius 2 is 1.95 bits per heavy atom. The second kappa shape index (κ2) is 8.17. The third kappa shape index (κ3) is 5.29. The topological polar surface area (TPSA) is 58.2 Å². The fourth-order valence-electron chi connectivity index (χ4n) is 2.14. The average molecular weight is 331 g/mol. The van der Waals surface area contributed by atoms with Crippen LogP contribution in [0, 0.1) is 13.8 Å². The molecule has 4 nitrogen and oxygen atoms in total. The van der Waals surface area contributed by atoms with Crippen molar-refractivity contribution in [1.82, 2.24) is 10.0 Å². The summed E-state index contributed by atoms with van der Waals surface area (Å²) in [5.74, 6) is 1.77. The lowest BCUT2D eigenvalue weighted by Gasteiger charge is -2.17. The lowest BCUT2D eigenvalue weighted by Crippen LogP contribution is -2.35. The fraction of sp³-hybridized carbons (Fsp3) is 0.600. The number of sulfonamides is 1. The molecule has 0 aromatic heterocycles. The smallest absolute Gasteiger partial charge is 0.241 e. The van der Waals surface area contributed by atoms with Crippen molar-refractivity contribution in [2.75, 3.05) is 18.6 Å². The molecule has 0 heterocycles. The summed E-state index contributed by atoms with van der Waals surface area (Å²) in [7, 11) is -1.62. The lowest BCUT2D eigenvalue weighted by atomic mass is 10.1. The monoisotopic (exact) mass is 330 g/mol. The molecule has 0 bridgehead atoms. The Bertz CT molecular complexity index is 571. The van der Waals surface area contributed by atoms with E-state index in [9.17, 15) is 8.42 Å². The first-order chi connectivity index (χ1) is 9.81. The summed E-state index contributed by atoms with van der Waals surface area (Å²) in [6.45, 7) is 8.44. The molecule has 1 unspecified atom stereocenters. The van der Waals surface area contributed by atoms with Gasteiger partial charge in [0.05, 0.1) is 4.90 Å². The van der Waals surface area contributed by atoms with Gasteiger partial charge in [0, 0.05) is 18.3 Å². The van der Waals surface area contributed by atoms with E-state index in [1.54, 1.807) is 17.8 Å². The molecule has 0 amide bonds. The van der Waals surface area contributed by atoms with Crippen molar-refractivity contribution in [3.05, 3.63) is 28.8 Å². The highest BCUT2D eigenvalue weighted by Crippen LogP contribution is 2.21. The highest BCUT2D eigenvalue weighted by Gasteiger charge is 2.21. The van der Waals surface area contributed by atoms with Crippen LogP contribution in [0.5, 0.6) is 0 Å². The van der Waals surface area contributed by atoms with Crippen molar-refractivity contribution in [3.63, 3.8) is 0 Å². The van der Waals surface area contributed by atoms with E-state index < -0.39 is 10.0 Å². The van der Waals surface area contributed by atoms with E-state index in [0.29, 0.717) is 11.4 Å². The predicted molar refractivity (Wildman–Crippen MR) is 91.5 cm³/mol. The Balaban J connectivity index is 3.06. The molecule has 0 saturated heterocycles. The molecule has 1 aromatic carbocycles. The Morgan fingerprint density at radius 3 is 2.52 bits per heavy atom. The van der Waals surface area contributed by atoms with Crippen LogP contribution in [-0.2, 0) is 16.6 Å². The molecule has 0 aliphatic carbocycles. The lowest BCUT2D eigenvalue weighted by molar-refractivity contribution is 0.570. The van der Waals surface area contributed by atoms with Crippen molar-refractivity contribution >= 4 is 21.8 Å². The van der Waals surface area contributed by atoms with Gasteiger partial charge in [-0.1, -0.05) is 13.0 Å². The van der Waals surface area contributed by atoms with Gasteiger partial charge < -0.3 is 5.32 Å². The Kier molecular flexibility index (Phi) is 7.20. The number of hydrogen-bond acceptors (Lipinski definition) is 4. The minimum Gasteiger partial charge on any atom is -0.316 e. The molecule has 1 aromatic rings. The average Bonchev–Trinajstić information content (AvgIpc) is 2.40. The van der Waals surface area contributed by atoms with Crippen LogP contribution in [0.15, 0.2) is 17.0 Å². The van der Waals surface area contributed by atoms with Crippen LogP contribution in [0.4, 0.5) is 0 Å². The third-order valence-corrected chi connectivity index (χ3v) is 6.14. The fourth-order valence-corrected chi connectivity index (χ4v) is 4.53. The van der Waals surface area contributed by atoms with Gasteiger partial charge in [0.25, 0.3) is 0 Å². The summed E-state index contributed by atoms with van der Waals surface area (Å²) in [5.41, 5.74) is 2.80. The standard InChI is InChI=1S/C15H26N2O2S2/c1-6-20-10-12(3)17-21(18,19)15-8-14(9-16-5)7-11(2)13(15)4/h7-8,12,16-17H,6,9-10H2,1-5H3. The van der Waals surface area contributed by atoms with E-state index in [1.807, 2.05) is 33.9 Å². The molecular formula is C15H26N2O2S2. The summed E-state index contributed by atoms with van der Waals surface area (Å²) in [6, 6.07) is 3.72. The third-order valence-electron chi connectivity index (χ3n) is 3.28. The minimum atomic E-state index is -3.48. The Morgan fingerprint density at radius 1 is 1.29 bits per heavy atom. The maximum atomic E-state index is 12.6. The molecule has 21 heavy (non-hydrogen) atoms. The highest BCUT2D eigenvalue weighted by atomic mass is 32.2. The molecule has 2 N–H and O–H groups in total. The number of benzene rings is 1. The minimum absolute atomic E-state index is 0.0763. The van der Waals surface area contributed by atoms with Crippen LogP contribution < -0.4 is 10.0 Å². The van der Waals surface area contributed by atoms with Crippen LogP contribution in [0.3, 0.4) is 0 Å². The summed E-state index contributed by atoms with van der Waals surface area (Å²) in [5, 5.41) is 3.06. The van der Waals surface area contributed by atoms with Crippen molar-refractivity contribution in [2.45, 2.75) is 45.2 Å². The van der Waals surface area contributed by atoms with Crippen LogP contribution >= 0.6 is 11.8 Å². The summed E-state index contributed by atoms with van der Waals surface area (Å²) in [6.07, 6.45) is 0. The molecule has 0 radical (unpaired) electrons. The summed E-state index contributed by atoms with van der Waals surface area (Å²) >= 11 is 1.73. The maximum Gasteiger partial charge on any atom is 0.241 e. The van der Waals surface area contributed by atoms with Crippen LogP contribution in [0.25, 0.3) is 0 Å². The summed E-state index contributed by atoms with van der Waals surface area (Å²) in [4.78, 5) is 0.390. The number of hydrogen-bond donors (Lipinski definition) is 2.